The van der Waals surface area contributed by atoms with Gasteiger partial charge in [0.15, 0.2) is 0 Å². The van der Waals surface area contributed by atoms with E-state index in [1.807, 2.05) is 0 Å². The number of pyridine rings is 1. The molecule has 3 aromatic rings. The highest BCUT2D eigenvalue weighted by molar-refractivity contribution is 5.62. The molecule has 4 heterocycles. The fraction of sp³-hybridized carbons (Fsp3) is 0.364. The van der Waals surface area contributed by atoms with Crippen LogP contribution in [-0.4, -0.2) is 39.6 Å². The first kappa shape index (κ1) is 22.7. The topological polar surface area (TPSA) is 95.2 Å². The summed E-state index contributed by atoms with van der Waals surface area (Å²) in [7, 11) is 0. The number of nitrogens with zero attached hydrogens (tertiary/aromatic N) is 4. The minimum absolute atomic E-state index is 0.0426. The molecular weight excluding hydrogens is 439 g/mol. The quantitative estimate of drug-likeness (QED) is 0.560. The van der Waals surface area contributed by atoms with Crippen LogP contribution in [0.2, 0.25) is 0 Å². The average Bonchev–Trinajstić information content (AvgIpc) is 3.18. The zero-order valence-electron chi connectivity index (χ0n) is 17.9. The van der Waals surface area contributed by atoms with Crippen LogP contribution in [0.3, 0.4) is 0 Å². The van der Waals surface area contributed by atoms with Gasteiger partial charge in [-0.3, -0.25) is 4.98 Å². The maximum atomic E-state index is 12.8. The van der Waals surface area contributed by atoms with Gasteiger partial charge < -0.3 is 19.3 Å². The summed E-state index contributed by atoms with van der Waals surface area (Å²) in [5.74, 6) is 0.748. The van der Waals surface area contributed by atoms with Crippen molar-refractivity contribution < 1.29 is 27.2 Å². The van der Waals surface area contributed by atoms with E-state index in [1.54, 1.807) is 19.1 Å². The SMILES string of the molecule is C=C(NC1CCOCC1)c1ccc(OCc2c(-c3ccc(C(F)(F)F)nc3)noc2C)nn1. The van der Waals surface area contributed by atoms with Crippen molar-refractivity contribution in [1.29, 1.82) is 0 Å². The second kappa shape index (κ2) is 9.57. The fourth-order valence-electron chi connectivity index (χ4n) is 3.36. The molecule has 1 aliphatic heterocycles. The van der Waals surface area contributed by atoms with Crippen molar-refractivity contribution in [1.82, 2.24) is 25.7 Å². The van der Waals surface area contributed by atoms with Gasteiger partial charge in [-0.15, -0.1) is 10.2 Å². The van der Waals surface area contributed by atoms with Gasteiger partial charge in [0.2, 0.25) is 5.88 Å². The Bertz CT molecular complexity index is 1090. The van der Waals surface area contributed by atoms with Crippen molar-refractivity contribution in [3.63, 3.8) is 0 Å². The Morgan fingerprint density at radius 1 is 1.18 bits per heavy atom. The van der Waals surface area contributed by atoms with Crippen molar-refractivity contribution in [2.45, 2.75) is 38.6 Å². The van der Waals surface area contributed by atoms with Crippen LogP contribution in [0.5, 0.6) is 5.88 Å². The van der Waals surface area contributed by atoms with Crippen molar-refractivity contribution >= 4 is 5.70 Å². The van der Waals surface area contributed by atoms with Crippen LogP contribution in [0.1, 0.15) is 35.6 Å². The lowest BCUT2D eigenvalue weighted by Crippen LogP contribution is -2.33. The van der Waals surface area contributed by atoms with Crippen LogP contribution in [0.15, 0.2) is 41.6 Å². The lowest BCUT2D eigenvalue weighted by Gasteiger charge is -2.24. The fourth-order valence-corrected chi connectivity index (χ4v) is 3.36. The molecule has 0 aliphatic carbocycles. The number of rotatable bonds is 7. The first-order valence-corrected chi connectivity index (χ1v) is 10.3. The minimum atomic E-state index is -4.51. The van der Waals surface area contributed by atoms with Gasteiger partial charge in [0.1, 0.15) is 29.4 Å². The molecule has 1 saturated heterocycles. The lowest BCUT2D eigenvalue weighted by molar-refractivity contribution is -0.141. The molecule has 8 nitrogen and oxygen atoms in total. The summed E-state index contributed by atoms with van der Waals surface area (Å²) in [5, 5.41) is 15.5. The van der Waals surface area contributed by atoms with E-state index >= 15 is 0 Å². The zero-order chi connectivity index (χ0) is 23.4. The Balaban J connectivity index is 1.40. The van der Waals surface area contributed by atoms with Crippen LogP contribution in [0.25, 0.3) is 17.0 Å². The Kier molecular flexibility index (Phi) is 6.59. The van der Waals surface area contributed by atoms with E-state index in [1.165, 1.54) is 6.07 Å². The average molecular weight is 461 g/mol. The van der Waals surface area contributed by atoms with Crippen LogP contribution in [0, 0.1) is 6.92 Å². The molecule has 174 valence electrons. The molecule has 0 bridgehead atoms. The van der Waals surface area contributed by atoms with E-state index in [2.05, 4.69) is 32.2 Å². The number of alkyl halides is 3. The molecule has 0 amide bonds. The number of aryl methyl sites for hydroxylation is 1. The summed E-state index contributed by atoms with van der Waals surface area (Å²) in [4.78, 5) is 3.47. The lowest BCUT2D eigenvalue weighted by atomic mass is 10.1. The molecule has 1 aliphatic rings. The van der Waals surface area contributed by atoms with Gasteiger partial charge in [0.25, 0.3) is 0 Å². The third-order valence-corrected chi connectivity index (χ3v) is 5.23. The number of aromatic nitrogens is 4. The monoisotopic (exact) mass is 461 g/mol. The minimum Gasteiger partial charge on any atom is -0.472 e. The molecule has 0 unspecified atom stereocenters. The normalized spacial score (nSPS) is 14.8. The van der Waals surface area contributed by atoms with E-state index < -0.39 is 11.9 Å². The molecule has 0 radical (unpaired) electrons. The molecule has 0 aromatic carbocycles. The molecule has 11 heteroatoms. The molecule has 1 fully saturated rings. The third kappa shape index (κ3) is 5.48. The number of halogens is 3. The molecule has 33 heavy (non-hydrogen) atoms. The van der Waals surface area contributed by atoms with Gasteiger partial charge >= 0.3 is 6.18 Å². The smallest absolute Gasteiger partial charge is 0.433 e. The Morgan fingerprint density at radius 3 is 2.61 bits per heavy atom. The predicted octanol–water partition coefficient (Wildman–Crippen LogP) is 4.17. The molecule has 1 N–H and O–H groups in total. The summed E-state index contributed by atoms with van der Waals surface area (Å²) in [6.45, 7) is 7.19. The summed E-state index contributed by atoms with van der Waals surface area (Å²) in [6, 6.07) is 5.90. The number of hydrogen-bond donors (Lipinski definition) is 1. The van der Waals surface area contributed by atoms with Crippen molar-refractivity contribution in [3.05, 3.63) is 59.8 Å². The number of nitrogens with one attached hydrogen (secondary N) is 1. The maximum absolute atomic E-state index is 12.8. The zero-order valence-corrected chi connectivity index (χ0v) is 17.9. The van der Waals surface area contributed by atoms with Gasteiger partial charge in [-0.2, -0.15) is 13.2 Å². The Labute approximate surface area is 187 Å². The largest absolute Gasteiger partial charge is 0.472 e. The van der Waals surface area contributed by atoms with Crippen LogP contribution >= 0.6 is 0 Å². The second-order valence-corrected chi connectivity index (χ2v) is 7.55. The third-order valence-electron chi connectivity index (χ3n) is 5.23. The molecule has 0 atom stereocenters. The van der Waals surface area contributed by atoms with Crippen LogP contribution < -0.4 is 10.1 Å². The highest BCUT2D eigenvalue weighted by Crippen LogP contribution is 2.30. The van der Waals surface area contributed by atoms with Crippen LogP contribution in [-0.2, 0) is 17.5 Å². The summed E-state index contributed by atoms with van der Waals surface area (Å²) >= 11 is 0. The highest BCUT2D eigenvalue weighted by atomic mass is 19.4. The second-order valence-electron chi connectivity index (χ2n) is 7.55. The Morgan fingerprint density at radius 2 is 1.97 bits per heavy atom. The van der Waals surface area contributed by atoms with Crippen molar-refractivity contribution in [2.24, 2.45) is 0 Å². The van der Waals surface area contributed by atoms with Gasteiger partial charge in [-0.25, -0.2) is 0 Å². The molecular formula is C22H22F3N5O3. The van der Waals surface area contributed by atoms with Crippen LogP contribution in [0.4, 0.5) is 13.2 Å². The van der Waals surface area contributed by atoms with Crippen molar-refractivity contribution in [2.75, 3.05) is 13.2 Å². The summed E-state index contributed by atoms with van der Waals surface area (Å²) < 4.78 is 54.6. The molecule has 4 rings (SSSR count). The molecule has 3 aromatic heterocycles. The van der Waals surface area contributed by atoms with Gasteiger partial charge in [-0.1, -0.05) is 11.7 Å². The first-order chi connectivity index (χ1) is 15.8. The Hall–Kier alpha value is -3.47. The summed E-state index contributed by atoms with van der Waals surface area (Å²) in [5.41, 5.74) is 1.61. The van der Waals surface area contributed by atoms with E-state index in [-0.39, 0.29) is 12.5 Å². The first-order valence-electron chi connectivity index (χ1n) is 10.3. The van der Waals surface area contributed by atoms with E-state index in [0.29, 0.717) is 40.0 Å². The molecule has 0 spiro atoms. The molecule has 0 saturated carbocycles. The predicted molar refractivity (Wildman–Crippen MR) is 112 cm³/mol. The van der Waals surface area contributed by atoms with E-state index in [0.717, 1.165) is 38.3 Å². The highest BCUT2D eigenvalue weighted by Gasteiger charge is 2.32. The summed E-state index contributed by atoms with van der Waals surface area (Å²) in [6.07, 6.45) is -1.60. The van der Waals surface area contributed by atoms with Gasteiger partial charge in [0, 0.05) is 37.1 Å². The van der Waals surface area contributed by atoms with E-state index in [4.69, 9.17) is 14.0 Å². The van der Waals surface area contributed by atoms with Crippen molar-refractivity contribution in [3.8, 4) is 17.1 Å². The number of hydrogen-bond acceptors (Lipinski definition) is 8. The van der Waals surface area contributed by atoms with E-state index in [9.17, 15) is 13.2 Å². The maximum Gasteiger partial charge on any atom is 0.433 e. The number of ether oxygens (including phenoxy) is 2. The standard InChI is InChI=1S/C22H22F3N5O3/c1-13(27-16-7-9-31-10-8-16)18-4-6-20(29-28-18)32-12-17-14(2)33-30-21(17)15-3-5-19(26-11-15)22(23,24)25/h3-6,11,16,27H,1,7-10,12H2,2H3. The van der Waals surface area contributed by atoms with Gasteiger partial charge in [-0.05, 0) is 38.0 Å². The van der Waals surface area contributed by atoms with Gasteiger partial charge in [0.05, 0.1) is 11.3 Å².